The largest absolute Gasteiger partial charge is 0.481 e. The molecule has 1 N–H and O–H groups in total. The number of benzene rings is 1. The molecule has 2 heterocycles. The fourth-order valence-corrected chi connectivity index (χ4v) is 2.13. The average molecular weight is 344 g/mol. The monoisotopic (exact) mass is 343 g/mol. The molecule has 1 atom stereocenters. The third-order valence-corrected chi connectivity index (χ3v) is 3.32. The fraction of sp³-hybridized carbons (Fsp3) is 0.125. The van der Waals surface area contributed by atoms with E-state index in [0.717, 1.165) is 0 Å². The first kappa shape index (κ1) is 15.9. The number of anilines is 1. The Morgan fingerprint density at radius 1 is 1.29 bits per heavy atom. The molecule has 0 unspecified atom stereocenters. The van der Waals surface area contributed by atoms with Crippen LogP contribution in [0.5, 0.6) is 5.75 Å². The number of carbonyl (C=O) groups excluding carboxylic acids is 1. The summed E-state index contributed by atoms with van der Waals surface area (Å²) < 4.78 is 7.04. The van der Waals surface area contributed by atoms with Crippen molar-refractivity contribution in [2.75, 3.05) is 5.32 Å². The summed E-state index contributed by atoms with van der Waals surface area (Å²) in [5, 5.41) is 7.39. The van der Waals surface area contributed by atoms with Crippen molar-refractivity contribution in [2.45, 2.75) is 13.0 Å². The molecule has 7 nitrogen and oxygen atoms in total. The predicted molar refractivity (Wildman–Crippen MR) is 89.3 cm³/mol. The van der Waals surface area contributed by atoms with Crippen molar-refractivity contribution >= 4 is 23.2 Å². The number of ether oxygens (including phenoxy) is 1. The Bertz CT molecular complexity index is 837. The van der Waals surface area contributed by atoms with Crippen LogP contribution in [0.3, 0.4) is 0 Å². The normalized spacial score (nSPS) is 11.8. The van der Waals surface area contributed by atoms with E-state index in [-0.39, 0.29) is 5.91 Å². The summed E-state index contributed by atoms with van der Waals surface area (Å²) in [6, 6.07) is 8.59. The van der Waals surface area contributed by atoms with Crippen LogP contribution in [0.4, 0.5) is 5.69 Å². The average Bonchev–Trinajstić information content (AvgIpc) is 3.04. The number of rotatable bonds is 5. The van der Waals surface area contributed by atoms with E-state index in [0.29, 0.717) is 22.4 Å². The lowest BCUT2D eigenvalue weighted by Crippen LogP contribution is -2.30. The topological polar surface area (TPSA) is 81.9 Å². The highest BCUT2D eigenvalue weighted by Gasteiger charge is 2.16. The van der Waals surface area contributed by atoms with E-state index in [1.165, 1.54) is 10.9 Å². The van der Waals surface area contributed by atoms with E-state index < -0.39 is 6.10 Å². The first-order chi connectivity index (χ1) is 11.6. The molecule has 1 amide bonds. The summed E-state index contributed by atoms with van der Waals surface area (Å²) in [5.74, 6) is 0.642. The van der Waals surface area contributed by atoms with Gasteiger partial charge in [0.1, 0.15) is 5.75 Å². The number of hydrogen-bond acceptors (Lipinski definition) is 5. The highest BCUT2D eigenvalue weighted by Crippen LogP contribution is 2.19. The van der Waals surface area contributed by atoms with E-state index in [1.54, 1.807) is 55.8 Å². The molecule has 1 aromatic carbocycles. The van der Waals surface area contributed by atoms with Crippen molar-refractivity contribution in [2.24, 2.45) is 0 Å². The summed E-state index contributed by atoms with van der Waals surface area (Å²) in [6.07, 6.45) is 5.67. The zero-order valence-corrected chi connectivity index (χ0v) is 13.5. The molecule has 3 aromatic rings. The molecule has 0 aliphatic carbocycles. The van der Waals surface area contributed by atoms with Gasteiger partial charge in [0.05, 0.1) is 18.1 Å². The molecule has 3 rings (SSSR count). The zero-order valence-electron chi connectivity index (χ0n) is 12.8. The molecule has 0 spiro atoms. The number of nitrogens with one attached hydrogen (secondary N) is 1. The molecule has 24 heavy (non-hydrogen) atoms. The van der Waals surface area contributed by atoms with Gasteiger partial charge < -0.3 is 10.1 Å². The van der Waals surface area contributed by atoms with Gasteiger partial charge >= 0.3 is 0 Å². The third kappa shape index (κ3) is 3.88. The number of aromatic nitrogens is 4. The minimum Gasteiger partial charge on any atom is -0.481 e. The van der Waals surface area contributed by atoms with Crippen molar-refractivity contribution in [1.29, 1.82) is 0 Å². The molecule has 2 aromatic heterocycles. The zero-order chi connectivity index (χ0) is 16.9. The van der Waals surface area contributed by atoms with Gasteiger partial charge in [-0.3, -0.25) is 4.79 Å². The van der Waals surface area contributed by atoms with Gasteiger partial charge in [0, 0.05) is 17.4 Å². The van der Waals surface area contributed by atoms with Gasteiger partial charge in [0.2, 0.25) is 5.95 Å². The van der Waals surface area contributed by atoms with Crippen LogP contribution in [0, 0.1) is 0 Å². The van der Waals surface area contributed by atoms with Crippen LogP contribution < -0.4 is 10.1 Å². The van der Waals surface area contributed by atoms with Crippen molar-refractivity contribution < 1.29 is 9.53 Å². The van der Waals surface area contributed by atoms with Crippen LogP contribution in [-0.4, -0.2) is 31.8 Å². The minimum absolute atomic E-state index is 0.302. The molecule has 0 saturated carbocycles. The van der Waals surface area contributed by atoms with E-state index in [9.17, 15) is 4.79 Å². The molecule has 8 heteroatoms. The molecule has 0 aliphatic heterocycles. The van der Waals surface area contributed by atoms with Crippen LogP contribution in [0.1, 0.15) is 6.92 Å². The maximum absolute atomic E-state index is 12.2. The maximum Gasteiger partial charge on any atom is 0.265 e. The molecular weight excluding hydrogens is 330 g/mol. The maximum atomic E-state index is 12.2. The van der Waals surface area contributed by atoms with Gasteiger partial charge in [-0.25, -0.2) is 14.6 Å². The third-order valence-electron chi connectivity index (χ3n) is 3.09. The summed E-state index contributed by atoms with van der Waals surface area (Å²) in [5.41, 5.74) is 0.522. The summed E-state index contributed by atoms with van der Waals surface area (Å²) in [6.45, 7) is 1.65. The second kappa shape index (κ2) is 7.10. The first-order valence-electron chi connectivity index (χ1n) is 7.17. The van der Waals surface area contributed by atoms with Crippen molar-refractivity contribution in [3.63, 3.8) is 0 Å². The molecular formula is C16H14ClN5O2. The van der Waals surface area contributed by atoms with E-state index in [1.807, 2.05) is 0 Å². The lowest BCUT2D eigenvalue weighted by atomic mass is 10.3. The van der Waals surface area contributed by atoms with Crippen LogP contribution >= 0.6 is 11.6 Å². The number of halogens is 1. The van der Waals surface area contributed by atoms with E-state index >= 15 is 0 Å². The molecule has 0 fully saturated rings. The standard InChI is InChI=1S/C16H14ClN5O2/c1-11(24-14-5-2-4-12(17)8-14)15(23)21-13-9-20-22(10-13)16-18-6-3-7-19-16/h2-11H,1H3,(H,21,23)/t11-/m1/s1. The second-order valence-corrected chi connectivity index (χ2v) is 5.37. The van der Waals surface area contributed by atoms with Gasteiger partial charge in [0.15, 0.2) is 6.10 Å². The van der Waals surface area contributed by atoms with Crippen molar-refractivity contribution in [3.8, 4) is 11.7 Å². The van der Waals surface area contributed by atoms with Gasteiger partial charge in [0.25, 0.3) is 5.91 Å². The molecule has 0 bridgehead atoms. The van der Waals surface area contributed by atoms with Crippen molar-refractivity contribution in [3.05, 3.63) is 60.1 Å². The number of hydrogen-bond donors (Lipinski definition) is 1. The Balaban J connectivity index is 1.63. The number of nitrogens with zero attached hydrogens (tertiary/aromatic N) is 4. The first-order valence-corrected chi connectivity index (χ1v) is 7.55. The number of carbonyl (C=O) groups is 1. The van der Waals surface area contributed by atoms with Crippen LogP contribution in [0.15, 0.2) is 55.1 Å². The highest BCUT2D eigenvalue weighted by molar-refractivity contribution is 6.30. The predicted octanol–water partition coefficient (Wildman–Crippen LogP) is 2.72. The van der Waals surface area contributed by atoms with Gasteiger partial charge in [-0.15, -0.1) is 0 Å². The minimum atomic E-state index is -0.695. The number of amides is 1. The smallest absolute Gasteiger partial charge is 0.265 e. The van der Waals surface area contributed by atoms with Gasteiger partial charge in [-0.2, -0.15) is 5.10 Å². The summed E-state index contributed by atoms with van der Waals surface area (Å²) >= 11 is 5.90. The molecule has 122 valence electrons. The van der Waals surface area contributed by atoms with Gasteiger partial charge in [-0.1, -0.05) is 17.7 Å². The lowest BCUT2D eigenvalue weighted by molar-refractivity contribution is -0.122. The molecule has 0 radical (unpaired) electrons. The Morgan fingerprint density at radius 2 is 2.08 bits per heavy atom. The van der Waals surface area contributed by atoms with E-state index in [4.69, 9.17) is 16.3 Å². The second-order valence-electron chi connectivity index (χ2n) is 4.93. The fourth-order valence-electron chi connectivity index (χ4n) is 1.95. The van der Waals surface area contributed by atoms with Crippen molar-refractivity contribution in [1.82, 2.24) is 19.7 Å². The summed E-state index contributed by atoms with van der Waals surface area (Å²) in [7, 11) is 0. The highest BCUT2D eigenvalue weighted by atomic mass is 35.5. The molecule has 0 aliphatic rings. The Hall–Kier alpha value is -2.93. The SMILES string of the molecule is C[C@@H](Oc1cccc(Cl)c1)C(=O)Nc1cnn(-c2ncccn2)c1. The molecule has 0 saturated heterocycles. The Labute approximate surface area is 143 Å². The Kier molecular flexibility index (Phi) is 4.72. The van der Waals surface area contributed by atoms with Crippen LogP contribution in [0.2, 0.25) is 5.02 Å². The lowest BCUT2D eigenvalue weighted by Gasteiger charge is -2.14. The van der Waals surface area contributed by atoms with E-state index in [2.05, 4.69) is 20.4 Å². The van der Waals surface area contributed by atoms with Crippen LogP contribution in [0.25, 0.3) is 5.95 Å². The van der Waals surface area contributed by atoms with Crippen LogP contribution in [-0.2, 0) is 4.79 Å². The van der Waals surface area contributed by atoms with Gasteiger partial charge in [-0.05, 0) is 31.2 Å². The quantitative estimate of drug-likeness (QED) is 0.770. The Morgan fingerprint density at radius 3 is 2.83 bits per heavy atom. The summed E-state index contributed by atoms with van der Waals surface area (Å²) in [4.78, 5) is 20.4.